The van der Waals surface area contributed by atoms with Gasteiger partial charge in [0, 0.05) is 5.56 Å². The molecule has 4 heteroatoms. The van der Waals surface area contributed by atoms with Crippen molar-refractivity contribution in [3.63, 3.8) is 0 Å². The van der Waals surface area contributed by atoms with E-state index in [4.69, 9.17) is 9.47 Å². The Morgan fingerprint density at radius 1 is 1.29 bits per heavy atom. The molecule has 14 heavy (non-hydrogen) atoms. The Kier molecular flexibility index (Phi) is 2.75. The van der Waals surface area contributed by atoms with E-state index in [0.717, 1.165) is 30.7 Å². The maximum atomic E-state index is 9.36. The molecule has 1 N–H and O–H groups in total. The molecule has 0 radical (unpaired) electrons. The highest BCUT2D eigenvalue weighted by Gasteiger charge is 2.18. The normalized spacial score (nSPS) is 18.3. The monoisotopic (exact) mass is 192 g/mol. The van der Waals surface area contributed by atoms with Crippen molar-refractivity contribution >= 4 is 13.3 Å². The number of rotatable bonds is 1. The van der Waals surface area contributed by atoms with Crippen LogP contribution in [0.5, 0.6) is 5.75 Å². The lowest BCUT2D eigenvalue weighted by molar-refractivity contribution is -0.182. The fourth-order valence-corrected chi connectivity index (χ4v) is 1.55. The average Bonchev–Trinajstić information content (AvgIpc) is 2.23. The molecule has 1 aliphatic heterocycles. The number of hydrogen-bond donors (Lipinski definition) is 1. The first-order chi connectivity index (χ1) is 6.77. The van der Waals surface area contributed by atoms with Gasteiger partial charge in [-0.25, -0.2) is 0 Å². The van der Waals surface area contributed by atoms with Crippen LogP contribution in [-0.2, 0) is 9.47 Å². The summed E-state index contributed by atoms with van der Waals surface area (Å²) in [4.78, 5) is 0. The van der Waals surface area contributed by atoms with E-state index in [1.807, 2.05) is 13.9 Å². The first-order valence-electron chi connectivity index (χ1n) is 4.80. The molecule has 1 heterocycles. The summed E-state index contributed by atoms with van der Waals surface area (Å²) in [7, 11) is 1.98. The summed E-state index contributed by atoms with van der Waals surface area (Å²) in [6.07, 6.45) is 0.629. The molecule has 0 unspecified atom stereocenters. The van der Waals surface area contributed by atoms with E-state index in [9.17, 15) is 5.11 Å². The molecule has 1 saturated heterocycles. The number of aromatic hydroxyl groups is 1. The first-order valence-corrected chi connectivity index (χ1v) is 4.80. The molecule has 74 valence electrons. The third kappa shape index (κ3) is 1.91. The second-order valence-electron chi connectivity index (χ2n) is 3.47. The standard InChI is InChI=1S/C10H13BO3/c11-9-3-2-7(12)6-8(9)10-13-4-1-5-14-10/h2-3,6,10,12H,1,4-5,11H2. The number of hydrogen-bond acceptors (Lipinski definition) is 3. The van der Waals surface area contributed by atoms with Gasteiger partial charge in [0.1, 0.15) is 13.6 Å². The fraction of sp³-hybridized carbons (Fsp3) is 0.400. The zero-order chi connectivity index (χ0) is 9.97. The molecule has 0 aliphatic carbocycles. The van der Waals surface area contributed by atoms with Crippen molar-refractivity contribution in [2.75, 3.05) is 13.2 Å². The maximum absolute atomic E-state index is 9.36. The molecule has 1 aliphatic rings. The van der Waals surface area contributed by atoms with Gasteiger partial charge in [-0.1, -0.05) is 11.5 Å². The van der Waals surface area contributed by atoms with Crippen molar-refractivity contribution in [3.05, 3.63) is 23.8 Å². The van der Waals surface area contributed by atoms with Crippen molar-refractivity contribution < 1.29 is 14.6 Å². The van der Waals surface area contributed by atoms with Gasteiger partial charge in [-0.15, -0.1) is 0 Å². The Morgan fingerprint density at radius 3 is 2.71 bits per heavy atom. The molecule has 1 aromatic carbocycles. The molecule has 2 rings (SSSR count). The maximum Gasteiger partial charge on any atom is 0.183 e. The van der Waals surface area contributed by atoms with E-state index in [0.29, 0.717) is 0 Å². The lowest BCUT2D eigenvalue weighted by Gasteiger charge is -2.24. The minimum Gasteiger partial charge on any atom is -0.508 e. The summed E-state index contributed by atoms with van der Waals surface area (Å²) in [6.45, 7) is 1.44. The van der Waals surface area contributed by atoms with E-state index in [1.165, 1.54) is 0 Å². The van der Waals surface area contributed by atoms with Gasteiger partial charge in [-0.05, 0) is 18.6 Å². The summed E-state index contributed by atoms with van der Waals surface area (Å²) in [5.74, 6) is 0.253. The topological polar surface area (TPSA) is 38.7 Å². The van der Waals surface area contributed by atoms with Crippen LogP contribution in [-0.4, -0.2) is 26.2 Å². The van der Waals surface area contributed by atoms with Gasteiger partial charge in [-0.3, -0.25) is 0 Å². The van der Waals surface area contributed by atoms with Crippen LogP contribution in [0.25, 0.3) is 0 Å². The van der Waals surface area contributed by atoms with Gasteiger partial charge >= 0.3 is 0 Å². The van der Waals surface area contributed by atoms with Gasteiger partial charge < -0.3 is 14.6 Å². The molecule has 0 saturated carbocycles. The van der Waals surface area contributed by atoms with Crippen LogP contribution in [0.2, 0.25) is 0 Å². The SMILES string of the molecule is Bc1ccc(O)cc1C1OCCCO1. The van der Waals surface area contributed by atoms with Crippen LogP contribution in [0.3, 0.4) is 0 Å². The van der Waals surface area contributed by atoms with Crippen molar-refractivity contribution in [2.45, 2.75) is 12.7 Å². The van der Waals surface area contributed by atoms with Crippen molar-refractivity contribution in [3.8, 4) is 5.75 Å². The largest absolute Gasteiger partial charge is 0.508 e. The molecular formula is C10H13BO3. The zero-order valence-corrected chi connectivity index (χ0v) is 8.19. The van der Waals surface area contributed by atoms with Crippen LogP contribution in [0, 0.1) is 0 Å². The molecule has 1 aromatic rings. The molecule has 0 spiro atoms. The van der Waals surface area contributed by atoms with Gasteiger partial charge in [0.05, 0.1) is 13.2 Å². The fourth-order valence-electron chi connectivity index (χ4n) is 1.55. The van der Waals surface area contributed by atoms with Crippen LogP contribution in [0.15, 0.2) is 18.2 Å². The first kappa shape index (κ1) is 9.56. The van der Waals surface area contributed by atoms with E-state index >= 15 is 0 Å². The predicted molar refractivity (Wildman–Crippen MR) is 55.5 cm³/mol. The van der Waals surface area contributed by atoms with E-state index in [2.05, 4.69) is 0 Å². The zero-order valence-electron chi connectivity index (χ0n) is 8.19. The molecule has 0 atom stereocenters. The van der Waals surface area contributed by atoms with Crippen molar-refractivity contribution in [1.82, 2.24) is 0 Å². The van der Waals surface area contributed by atoms with Crippen molar-refractivity contribution in [1.29, 1.82) is 0 Å². The lowest BCUT2D eigenvalue weighted by atomic mass is 9.90. The number of benzene rings is 1. The van der Waals surface area contributed by atoms with Crippen molar-refractivity contribution in [2.24, 2.45) is 0 Å². The second kappa shape index (κ2) is 4.03. The summed E-state index contributed by atoms with van der Waals surface area (Å²) < 4.78 is 10.9. The van der Waals surface area contributed by atoms with E-state index in [1.54, 1.807) is 12.1 Å². The molecule has 0 bridgehead atoms. The van der Waals surface area contributed by atoms with Gasteiger partial charge in [0.2, 0.25) is 0 Å². The minimum atomic E-state index is -0.309. The summed E-state index contributed by atoms with van der Waals surface area (Å²) in [5, 5.41) is 9.36. The number of phenolic OH excluding ortho intramolecular Hbond substituents is 1. The van der Waals surface area contributed by atoms with Crippen LogP contribution < -0.4 is 5.46 Å². The lowest BCUT2D eigenvalue weighted by Crippen LogP contribution is -2.23. The van der Waals surface area contributed by atoms with Crippen LogP contribution in [0.1, 0.15) is 18.3 Å². The highest BCUT2D eigenvalue weighted by Crippen LogP contribution is 2.23. The molecule has 3 nitrogen and oxygen atoms in total. The number of phenols is 1. The Balaban J connectivity index is 2.24. The Bertz CT molecular complexity index is 321. The van der Waals surface area contributed by atoms with E-state index in [-0.39, 0.29) is 12.0 Å². The minimum absolute atomic E-state index is 0.253. The number of ether oxygens (including phenoxy) is 2. The molecule has 0 amide bonds. The molecular weight excluding hydrogens is 179 g/mol. The third-order valence-corrected chi connectivity index (χ3v) is 2.34. The van der Waals surface area contributed by atoms with Gasteiger partial charge in [0.25, 0.3) is 0 Å². The predicted octanol–water partition coefficient (Wildman–Crippen LogP) is 0.0861. The molecule has 1 fully saturated rings. The third-order valence-electron chi connectivity index (χ3n) is 2.34. The Labute approximate surface area is 84.1 Å². The van der Waals surface area contributed by atoms with Crippen LogP contribution in [0.4, 0.5) is 0 Å². The quantitative estimate of drug-likeness (QED) is 0.640. The smallest absolute Gasteiger partial charge is 0.183 e. The van der Waals surface area contributed by atoms with Crippen LogP contribution >= 0.6 is 0 Å². The highest BCUT2D eigenvalue weighted by molar-refractivity contribution is 6.33. The Morgan fingerprint density at radius 2 is 2.00 bits per heavy atom. The molecule has 0 aromatic heterocycles. The second-order valence-corrected chi connectivity index (χ2v) is 3.47. The Hall–Kier alpha value is -0.995. The highest BCUT2D eigenvalue weighted by atomic mass is 16.7. The van der Waals surface area contributed by atoms with Gasteiger partial charge in [-0.2, -0.15) is 0 Å². The van der Waals surface area contributed by atoms with E-state index < -0.39 is 0 Å². The van der Waals surface area contributed by atoms with Gasteiger partial charge in [0.15, 0.2) is 6.29 Å². The summed E-state index contributed by atoms with van der Waals surface area (Å²) >= 11 is 0. The summed E-state index contributed by atoms with van der Waals surface area (Å²) in [6, 6.07) is 5.24. The average molecular weight is 192 g/mol. The summed E-state index contributed by atoms with van der Waals surface area (Å²) in [5.41, 5.74) is 2.00.